The first kappa shape index (κ1) is 20.3. The Bertz CT molecular complexity index is 817. The van der Waals surface area contributed by atoms with Crippen LogP contribution in [0.3, 0.4) is 0 Å². The number of hydrogen-bond donors (Lipinski definition) is 0. The number of nitrogens with zero attached hydrogens (tertiary/aromatic N) is 2. The van der Waals surface area contributed by atoms with Crippen LogP contribution in [0.15, 0.2) is 24.3 Å². The van der Waals surface area contributed by atoms with Gasteiger partial charge in [0.05, 0.1) is 11.5 Å². The average molecular weight is 390 g/mol. The summed E-state index contributed by atoms with van der Waals surface area (Å²) in [4.78, 5) is 42.1. The highest BCUT2D eigenvalue weighted by atomic mass is 19.1. The van der Waals surface area contributed by atoms with Crippen molar-refractivity contribution in [1.82, 2.24) is 9.80 Å². The summed E-state index contributed by atoms with van der Waals surface area (Å²) in [6.45, 7) is 8.71. The van der Waals surface area contributed by atoms with E-state index >= 15 is 0 Å². The Morgan fingerprint density at radius 2 is 1.75 bits per heavy atom. The molecular formula is C21H27FN2O4. The minimum absolute atomic E-state index is 0.158. The Morgan fingerprint density at radius 3 is 2.29 bits per heavy atom. The van der Waals surface area contributed by atoms with Crippen molar-refractivity contribution in [3.63, 3.8) is 0 Å². The Hall–Kier alpha value is -2.44. The van der Waals surface area contributed by atoms with Gasteiger partial charge in [-0.25, -0.2) is 4.39 Å². The summed E-state index contributed by atoms with van der Waals surface area (Å²) in [5.41, 5.74) is -1.24. The van der Waals surface area contributed by atoms with Crippen LogP contribution >= 0.6 is 0 Å². The van der Waals surface area contributed by atoms with E-state index in [-0.39, 0.29) is 18.2 Å². The van der Waals surface area contributed by atoms with Crippen molar-refractivity contribution in [1.29, 1.82) is 0 Å². The van der Waals surface area contributed by atoms with Gasteiger partial charge in [0.25, 0.3) is 0 Å². The molecule has 2 saturated heterocycles. The van der Waals surface area contributed by atoms with E-state index in [4.69, 9.17) is 4.74 Å². The molecule has 0 radical (unpaired) electrons. The normalized spacial score (nSPS) is 30.5. The number of hydrogen-bond acceptors (Lipinski definition) is 4. The van der Waals surface area contributed by atoms with Crippen LogP contribution in [-0.4, -0.2) is 52.3 Å². The molecule has 0 spiro atoms. The maximum Gasteiger partial charge on any atom is 0.314 e. The van der Waals surface area contributed by atoms with Crippen molar-refractivity contribution in [3.8, 4) is 0 Å². The van der Waals surface area contributed by atoms with Crippen LogP contribution in [0.1, 0.15) is 52.6 Å². The molecule has 7 heteroatoms. The molecule has 2 amide bonds. The molecule has 1 aromatic rings. The van der Waals surface area contributed by atoms with Gasteiger partial charge in [-0.1, -0.05) is 12.1 Å². The van der Waals surface area contributed by atoms with Crippen molar-refractivity contribution in [2.75, 3.05) is 7.05 Å². The predicted octanol–water partition coefficient (Wildman–Crippen LogP) is 2.68. The number of likely N-dealkylation sites (N-methyl/N-ethyl adjacent to an activating group) is 1. The highest BCUT2D eigenvalue weighted by Gasteiger charge is 2.62. The Labute approximate surface area is 164 Å². The molecule has 2 aliphatic rings. The number of fused-ring (bicyclic) bond motifs is 1. The van der Waals surface area contributed by atoms with Crippen molar-refractivity contribution in [2.45, 2.75) is 64.8 Å². The minimum Gasteiger partial charge on any atom is -0.459 e. The van der Waals surface area contributed by atoms with E-state index in [1.54, 1.807) is 53.8 Å². The van der Waals surface area contributed by atoms with Gasteiger partial charge in [0.2, 0.25) is 11.8 Å². The van der Waals surface area contributed by atoms with Gasteiger partial charge in [-0.05, 0) is 58.7 Å². The van der Waals surface area contributed by atoms with Crippen molar-refractivity contribution in [2.24, 2.45) is 5.41 Å². The molecule has 2 aliphatic heterocycles. The lowest BCUT2D eigenvalue weighted by Crippen LogP contribution is -2.60. The largest absolute Gasteiger partial charge is 0.459 e. The van der Waals surface area contributed by atoms with Crippen LogP contribution in [0, 0.1) is 11.2 Å². The summed E-state index contributed by atoms with van der Waals surface area (Å²) in [5, 5.41) is 0. The number of amides is 2. The molecule has 0 N–H and O–H groups in total. The molecule has 3 rings (SSSR count). The third-order valence-electron chi connectivity index (χ3n) is 5.71. The van der Waals surface area contributed by atoms with E-state index in [9.17, 15) is 18.8 Å². The maximum atomic E-state index is 13.5. The number of carbonyl (C=O) groups is 3. The Morgan fingerprint density at radius 1 is 1.18 bits per heavy atom. The van der Waals surface area contributed by atoms with Gasteiger partial charge in [-0.15, -0.1) is 0 Å². The van der Waals surface area contributed by atoms with E-state index in [0.29, 0.717) is 5.56 Å². The highest BCUT2D eigenvalue weighted by Crippen LogP contribution is 2.53. The van der Waals surface area contributed by atoms with E-state index in [2.05, 4.69) is 0 Å². The third-order valence-corrected chi connectivity index (χ3v) is 5.71. The van der Waals surface area contributed by atoms with E-state index in [1.165, 1.54) is 21.9 Å². The van der Waals surface area contributed by atoms with Crippen molar-refractivity contribution < 1.29 is 23.5 Å². The standard InChI is InChI=1S/C21H27FN2O4/c1-12-17(25)24-15(18(26)23(12)6)11-21(5,19(27)28-20(2,3)4)16(24)13-7-9-14(22)10-8-13/h7-10,12,15-16H,11H2,1-6H3. The van der Waals surface area contributed by atoms with Gasteiger partial charge in [0.1, 0.15) is 23.5 Å². The molecule has 28 heavy (non-hydrogen) atoms. The first-order valence-corrected chi connectivity index (χ1v) is 9.44. The van der Waals surface area contributed by atoms with E-state index in [1.807, 2.05) is 0 Å². The van der Waals surface area contributed by atoms with E-state index < -0.39 is 40.9 Å². The summed E-state index contributed by atoms with van der Waals surface area (Å²) in [5.74, 6) is -1.31. The molecule has 152 valence electrons. The van der Waals surface area contributed by atoms with E-state index in [0.717, 1.165) is 0 Å². The molecular weight excluding hydrogens is 363 g/mol. The first-order valence-electron chi connectivity index (χ1n) is 9.44. The zero-order valence-electron chi connectivity index (χ0n) is 17.2. The molecule has 4 atom stereocenters. The second-order valence-corrected chi connectivity index (χ2v) is 8.96. The van der Waals surface area contributed by atoms with Gasteiger partial charge < -0.3 is 14.5 Å². The van der Waals surface area contributed by atoms with Gasteiger partial charge in [-0.3, -0.25) is 14.4 Å². The van der Waals surface area contributed by atoms with Gasteiger partial charge >= 0.3 is 5.97 Å². The molecule has 0 bridgehead atoms. The Kier molecular flexibility index (Phi) is 4.76. The first-order chi connectivity index (χ1) is 12.9. The highest BCUT2D eigenvalue weighted by molar-refractivity contribution is 5.99. The minimum atomic E-state index is -1.13. The molecule has 0 aromatic heterocycles. The summed E-state index contributed by atoms with van der Waals surface area (Å²) in [6.07, 6.45) is 0.158. The number of ether oxygens (including phenoxy) is 1. The number of piperazine rings is 1. The number of carbonyl (C=O) groups excluding carboxylic acids is 3. The SMILES string of the molecule is CC1C(=O)N2C(CC(C)(C(=O)OC(C)(C)C)C2c2ccc(F)cc2)C(=O)N1C. The smallest absolute Gasteiger partial charge is 0.314 e. The topological polar surface area (TPSA) is 66.9 Å². The molecule has 2 heterocycles. The molecule has 2 fully saturated rings. The number of rotatable bonds is 2. The van der Waals surface area contributed by atoms with Crippen molar-refractivity contribution in [3.05, 3.63) is 35.6 Å². The third kappa shape index (κ3) is 3.16. The molecule has 1 aromatic carbocycles. The average Bonchev–Trinajstić information content (AvgIpc) is 2.92. The van der Waals surface area contributed by atoms with Crippen LogP contribution in [-0.2, 0) is 19.1 Å². The fourth-order valence-electron chi connectivity index (χ4n) is 4.16. The number of esters is 1. The summed E-state index contributed by atoms with van der Waals surface area (Å²) < 4.78 is 19.2. The summed E-state index contributed by atoms with van der Waals surface area (Å²) in [6, 6.07) is 3.63. The molecule has 0 aliphatic carbocycles. The maximum absolute atomic E-state index is 13.5. The summed E-state index contributed by atoms with van der Waals surface area (Å²) in [7, 11) is 1.60. The van der Waals surface area contributed by atoms with Crippen LogP contribution < -0.4 is 0 Å². The van der Waals surface area contributed by atoms with Crippen molar-refractivity contribution >= 4 is 17.8 Å². The lowest BCUT2D eigenvalue weighted by molar-refractivity contribution is -0.169. The lowest BCUT2D eigenvalue weighted by Gasteiger charge is -2.42. The van der Waals surface area contributed by atoms with Gasteiger partial charge in [0, 0.05) is 7.05 Å². The second kappa shape index (κ2) is 6.57. The van der Waals surface area contributed by atoms with Crippen LogP contribution in [0.25, 0.3) is 0 Å². The fourth-order valence-corrected chi connectivity index (χ4v) is 4.16. The summed E-state index contributed by atoms with van der Waals surface area (Å²) >= 11 is 0. The fraction of sp³-hybridized carbons (Fsp3) is 0.571. The number of halogens is 1. The quantitative estimate of drug-likeness (QED) is 0.728. The molecule has 4 unspecified atom stereocenters. The number of benzene rings is 1. The lowest BCUT2D eigenvalue weighted by atomic mass is 9.78. The Balaban J connectivity index is 2.13. The van der Waals surface area contributed by atoms with Crippen LogP contribution in [0.5, 0.6) is 0 Å². The second-order valence-electron chi connectivity index (χ2n) is 8.96. The zero-order valence-corrected chi connectivity index (χ0v) is 17.2. The monoisotopic (exact) mass is 390 g/mol. The molecule has 0 saturated carbocycles. The predicted molar refractivity (Wildman–Crippen MR) is 101 cm³/mol. The zero-order chi connectivity index (χ0) is 21.0. The van der Waals surface area contributed by atoms with Gasteiger partial charge in [-0.2, -0.15) is 0 Å². The van der Waals surface area contributed by atoms with Crippen LogP contribution in [0.4, 0.5) is 4.39 Å². The van der Waals surface area contributed by atoms with Crippen LogP contribution in [0.2, 0.25) is 0 Å². The van der Waals surface area contributed by atoms with Gasteiger partial charge in [0.15, 0.2) is 0 Å². The molecule has 6 nitrogen and oxygen atoms in total.